The highest BCUT2D eigenvalue weighted by Gasteiger charge is 2.38. The summed E-state index contributed by atoms with van der Waals surface area (Å²) in [6.07, 6.45) is 2.17. The third-order valence-electron chi connectivity index (χ3n) is 7.07. The van der Waals surface area contributed by atoms with Crippen molar-refractivity contribution in [2.24, 2.45) is 5.10 Å². The number of hydrogen-bond donors (Lipinski definition) is 1. The van der Waals surface area contributed by atoms with Crippen LogP contribution in [-0.2, 0) is 16.0 Å². The Morgan fingerprint density at radius 1 is 1.19 bits per heavy atom. The van der Waals surface area contributed by atoms with Gasteiger partial charge in [-0.15, -0.1) is 0 Å². The summed E-state index contributed by atoms with van der Waals surface area (Å²) in [6.45, 7) is 8.53. The number of hydrogen-bond acceptors (Lipinski definition) is 6. The number of benzene rings is 2. The third-order valence-corrected chi connectivity index (χ3v) is 7.07. The predicted molar refractivity (Wildman–Crippen MR) is 138 cm³/mol. The van der Waals surface area contributed by atoms with E-state index in [0.29, 0.717) is 19.0 Å². The number of ether oxygens (including phenoxy) is 2. The smallest absolute Gasteiger partial charge is 0.410 e. The van der Waals surface area contributed by atoms with Gasteiger partial charge in [0.2, 0.25) is 0 Å². The third kappa shape index (κ3) is 4.90. The van der Waals surface area contributed by atoms with Gasteiger partial charge in [0.05, 0.1) is 5.69 Å². The van der Waals surface area contributed by atoms with Gasteiger partial charge in [-0.2, -0.15) is 5.10 Å². The monoisotopic (exact) mass is 490 g/mol. The number of fused-ring (bicyclic) bond motifs is 3. The van der Waals surface area contributed by atoms with Crippen LogP contribution in [0.1, 0.15) is 57.6 Å². The molecule has 1 saturated heterocycles. The average Bonchev–Trinajstić information content (AvgIpc) is 2.85. The number of carbonyl (C=O) groups excluding carboxylic acids is 2. The number of likely N-dealkylation sites (tertiary alicyclic amines) is 1. The van der Waals surface area contributed by atoms with Crippen LogP contribution in [0.5, 0.6) is 5.75 Å². The van der Waals surface area contributed by atoms with Gasteiger partial charge in [-0.05, 0) is 76.1 Å². The lowest BCUT2D eigenvalue weighted by Crippen LogP contribution is -2.55. The van der Waals surface area contributed by atoms with Gasteiger partial charge < -0.3 is 19.3 Å². The molecule has 3 atom stereocenters. The van der Waals surface area contributed by atoms with Crippen molar-refractivity contribution in [3.05, 3.63) is 59.7 Å². The SMILES string of the molecule is C[C@@H]1C(=O)NN=C2COc3ccc([C@@H]4CCN(C(=O)OC(C)(C)C)[C@@H](Cc5ccccc5)C4)cc3N21. The van der Waals surface area contributed by atoms with E-state index in [2.05, 4.69) is 34.8 Å². The Morgan fingerprint density at radius 3 is 2.72 bits per heavy atom. The van der Waals surface area contributed by atoms with Crippen molar-refractivity contribution in [3.63, 3.8) is 0 Å². The number of nitrogens with zero attached hydrogens (tertiary/aromatic N) is 3. The minimum atomic E-state index is -0.541. The number of amidine groups is 1. The van der Waals surface area contributed by atoms with Gasteiger partial charge in [-0.1, -0.05) is 36.4 Å². The zero-order valence-electron chi connectivity index (χ0n) is 21.4. The predicted octanol–water partition coefficient (Wildman–Crippen LogP) is 4.44. The van der Waals surface area contributed by atoms with Crippen molar-refractivity contribution in [1.29, 1.82) is 0 Å². The van der Waals surface area contributed by atoms with E-state index in [4.69, 9.17) is 9.47 Å². The summed E-state index contributed by atoms with van der Waals surface area (Å²) < 4.78 is 11.7. The summed E-state index contributed by atoms with van der Waals surface area (Å²) in [5.41, 5.74) is 5.28. The summed E-state index contributed by atoms with van der Waals surface area (Å²) in [6, 6.07) is 16.2. The number of anilines is 1. The summed E-state index contributed by atoms with van der Waals surface area (Å²) in [4.78, 5) is 29.3. The highest BCUT2D eigenvalue weighted by atomic mass is 16.6. The van der Waals surface area contributed by atoms with Crippen LogP contribution < -0.4 is 15.1 Å². The van der Waals surface area contributed by atoms with E-state index < -0.39 is 5.60 Å². The molecule has 2 amide bonds. The average molecular weight is 491 g/mol. The maximum atomic E-state index is 13.1. The van der Waals surface area contributed by atoms with Crippen LogP contribution in [0.4, 0.5) is 10.5 Å². The van der Waals surface area contributed by atoms with Gasteiger partial charge in [0, 0.05) is 12.6 Å². The molecule has 2 aromatic rings. The molecule has 8 heteroatoms. The molecular weight excluding hydrogens is 456 g/mol. The van der Waals surface area contributed by atoms with Crippen LogP contribution in [0.2, 0.25) is 0 Å². The van der Waals surface area contributed by atoms with Crippen molar-refractivity contribution in [2.45, 2.75) is 70.6 Å². The molecular formula is C28H34N4O4. The van der Waals surface area contributed by atoms with Crippen molar-refractivity contribution in [1.82, 2.24) is 10.3 Å². The second-order valence-electron chi connectivity index (χ2n) is 10.8. The van der Waals surface area contributed by atoms with E-state index in [1.165, 1.54) is 11.1 Å². The molecule has 3 aliphatic heterocycles. The summed E-state index contributed by atoms with van der Waals surface area (Å²) >= 11 is 0. The number of amides is 2. The number of nitrogens with one attached hydrogen (secondary N) is 1. The van der Waals surface area contributed by atoms with Gasteiger partial charge in [0.15, 0.2) is 5.84 Å². The zero-order valence-corrected chi connectivity index (χ0v) is 21.4. The fourth-order valence-corrected chi connectivity index (χ4v) is 5.29. The van der Waals surface area contributed by atoms with Crippen LogP contribution in [0.25, 0.3) is 0 Å². The normalized spacial score (nSPS) is 23.6. The highest BCUT2D eigenvalue weighted by Crippen LogP contribution is 2.40. The standard InChI is InChI=1S/C28H34N4O4/c1-18-26(33)30-29-25-17-35-24-11-10-20(16-23(24)32(18)25)21-12-13-31(27(34)36-28(2,3)4)22(15-21)14-19-8-6-5-7-9-19/h5-11,16,18,21-22H,12-15,17H2,1-4H3,(H,30,33)/t18-,21-,22+/m1/s1. The van der Waals surface area contributed by atoms with E-state index in [-0.39, 0.29) is 30.0 Å². The number of hydrazone groups is 1. The molecule has 1 N–H and O–H groups in total. The Bertz CT molecular complexity index is 1170. The first-order valence-corrected chi connectivity index (χ1v) is 12.7. The fourth-order valence-electron chi connectivity index (χ4n) is 5.29. The Balaban J connectivity index is 1.42. The van der Waals surface area contributed by atoms with Gasteiger partial charge in [0.25, 0.3) is 5.91 Å². The van der Waals surface area contributed by atoms with Crippen LogP contribution in [0.3, 0.4) is 0 Å². The van der Waals surface area contributed by atoms with E-state index in [1.807, 2.05) is 61.8 Å². The fraction of sp³-hybridized carbons (Fsp3) is 0.464. The Hall–Kier alpha value is -3.55. The van der Waals surface area contributed by atoms with Crippen molar-refractivity contribution < 1.29 is 19.1 Å². The Labute approximate surface area is 212 Å². The number of piperidine rings is 1. The van der Waals surface area contributed by atoms with Crippen LogP contribution in [0.15, 0.2) is 53.6 Å². The van der Waals surface area contributed by atoms with Crippen LogP contribution >= 0.6 is 0 Å². The molecule has 3 heterocycles. The van der Waals surface area contributed by atoms with E-state index in [0.717, 1.165) is 30.7 Å². The minimum absolute atomic E-state index is 0.0186. The van der Waals surface area contributed by atoms with Crippen molar-refractivity contribution in [2.75, 3.05) is 18.1 Å². The maximum Gasteiger partial charge on any atom is 0.410 e. The zero-order chi connectivity index (χ0) is 25.4. The molecule has 0 spiro atoms. The molecule has 0 saturated carbocycles. The lowest BCUT2D eigenvalue weighted by atomic mass is 9.83. The summed E-state index contributed by atoms with van der Waals surface area (Å²) in [5.74, 6) is 1.59. The lowest BCUT2D eigenvalue weighted by Gasteiger charge is -2.41. The molecule has 190 valence electrons. The number of carbonyl (C=O) groups is 2. The topological polar surface area (TPSA) is 83.5 Å². The molecule has 8 nitrogen and oxygen atoms in total. The first kappa shape index (κ1) is 24.2. The van der Waals surface area contributed by atoms with Gasteiger partial charge in [0.1, 0.15) is 24.0 Å². The molecule has 0 aromatic heterocycles. The largest absolute Gasteiger partial charge is 0.483 e. The van der Waals surface area contributed by atoms with Crippen LogP contribution in [-0.4, -0.2) is 53.6 Å². The molecule has 0 aliphatic carbocycles. The van der Waals surface area contributed by atoms with Gasteiger partial charge in [-0.3, -0.25) is 4.79 Å². The molecule has 1 fully saturated rings. The minimum Gasteiger partial charge on any atom is -0.483 e. The van der Waals surface area contributed by atoms with Gasteiger partial charge >= 0.3 is 6.09 Å². The second-order valence-corrected chi connectivity index (χ2v) is 10.8. The van der Waals surface area contributed by atoms with Crippen molar-refractivity contribution >= 4 is 23.5 Å². The van der Waals surface area contributed by atoms with Gasteiger partial charge in [-0.25, -0.2) is 10.2 Å². The molecule has 36 heavy (non-hydrogen) atoms. The molecule has 2 aromatic carbocycles. The molecule has 3 aliphatic rings. The number of rotatable bonds is 3. The summed E-state index contributed by atoms with van der Waals surface area (Å²) in [7, 11) is 0. The lowest BCUT2D eigenvalue weighted by molar-refractivity contribution is -0.122. The maximum absolute atomic E-state index is 13.1. The van der Waals surface area contributed by atoms with E-state index in [1.54, 1.807) is 0 Å². The first-order chi connectivity index (χ1) is 17.2. The molecule has 0 bridgehead atoms. The highest BCUT2D eigenvalue weighted by molar-refractivity contribution is 6.09. The Morgan fingerprint density at radius 2 is 1.97 bits per heavy atom. The molecule has 5 rings (SSSR count). The van der Waals surface area contributed by atoms with E-state index >= 15 is 0 Å². The quantitative estimate of drug-likeness (QED) is 0.688. The second kappa shape index (κ2) is 9.48. The Kier molecular flexibility index (Phi) is 6.36. The summed E-state index contributed by atoms with van der Waals surface area (Å²) in [5, 5.41) is 4.20. The van der Waals surface area contributed by atoms with Crippen LogP contribution in [0, 0.1) is 0 Å². The first-order valence-electron chi connectivity index (χ1n) is 12.7. The van der Waals surface area contributed by atoms with E-state index in [9.17, 15) is 9.59 Å². The molecule has 0 unspecified atom stereocenters. The molecule has 0 radical (unpaired) electrons. The van der Waals surface area contributed by atoms with Crippen molar-refractivity contribution in [3.8, 4) is 5.75 Å².